The van der Waals surface area contributed by atoms with Crippen LogP contribution in [-0.4, -0.2) is 0 Å². The highest BCUT2D eigenvalue weighted by Gasteiger charge is 1.94. The zero-order chi connectivity index (χ0) is 10.5. The van der Waals surface area contributed by atoms with Gasteiger partial charge in [0.15, 0.2) is 18.6 Å². The van der Waals surface area contributed by atoms with E-state index in [0.717, 1.165) is 0 Å². The van der Waals surface area contributed by atoms with Gasteiger partial charge in [-0.05, 0) is 18.1 Å². The fourth-order valence-corrected chi connectivity index (χ4v) is 1.45. The molecule has 15 heavy (non-hydrogen) atoms. The van der Waals surface area contributed by atoms with E-state index in [4.69, 9.17) is 0 Å². The number of hydrogen-bond acceptors (Lipinski definition) is 0. The maximum Gasteiger partial charge on any atom is 0.175 e. The van der Waals surface area contributed by atoms with E-state index in [1.54, 1.807) is 0 Å². The number of nitrogens with zero attached hydrogens (tertiary/aromatic N) is 1. The zero-order valence-corrected chi connectivity index (χ0v) is 8.80. The van der Waals surface area contributed by atoms with Crippen LogP contribution in [0.15, 0.2) is 54.9 Å². The molecule has 0 aliphatic rings. The van der Waals surface area contributed by atoms with Crippen LogP contribution in [0.4, 0.5) is 0 Å². The number of rotatable bonds is 2. The third-order valence-corrected chi connectivity index (χ3v) is 2.35. The van der Waals surface area contributed by atoms with Crippen LogP contribution in [0.5, 0.6) is 0 Å². The number of benzene rings is 1. The molecule has 1 aromatic heterocycles. The summed E-state index contributed by atoms with van der Waals surface area (Å²) in [5.74, 6) is 0. The predicted octanol–water partition coefficient (Wildman–Crippen LogP) is 2.91. The third kappa shape index (κ3) is 2.53. The highest BCUT2D eigenvalue weighted by Crippen LogP contribution is 2.08. The first kappa shape index (κ1) is 9.66. The van der Waals surface area contributed by atoms with Crippen LogP contribution in [0.2, 0.25) is 0 Å². The average molecular weight is 196 g/mol. The molecule has 74 valence electrons. The van der Waals surface area contributed by atoms with Crippen molar-refractivity contribution in [3.05, 3.63) is 66.0 Å². The van der Waals surface area contributed by atoms with Gasteiger partial charge in [0.2, 0.25) is 0 Å². The average Bonchev–Trinajstić information content (AvgIpc) is 2.29. The Balaban J connectivity index is 2.23. The first-order valence-electron chi connectivity index (χ1n) is 5.06. The van der Waals surface area contributed by atoms with E-state index in [1.807, 2.05) is 35.2 Å². The van der Waals surface area contributed by atoms with Crippen LogP contribution in [0.1, 0.15) is 11.1 Å². The monoisotopic (exact) mass is 196 g/mol. The maximum atomic E-state index is 2.12. The smallest absolute Gasteiger partial charge is 0.174 e. The van der Waals surface area contributed by atoms with E-state index in [2.05, 4.69) is 43.5 Å². The summed E-state index contributed by atoms with van der Waals surface area (Å²) in [5, 5.41) is 0. The van der Waals surface area contributed by atoms with Gasteiger partial charge in [0.05, 0.1) is 0 Å². The second-order valence-corrected chi connectivity index (χ2v) is 3.50. The van der Waals surface area contributed by atoms with Crippen molar-refractivity contribution in [2.24, 2.45) is 0 Å². The molecule has 1 nitrogen and oxygen atoms in total. The van der Waals surface area contributed by atoms with E-state index in [0.29, 0.717) is 0 Å². The fraction of sp³-hybridized carbons (Fsp3) is 0.0714. The molecule has 2 aromatic rings. The minimum atomic E-state index is 1.26. The number of aromatic nitrogens is 1. The van der Waals surface area contributed by atoms with Gasteiger partial charge in [-0.2, -0.15) is 4.57 Å². The van der Waals surface area contributed by atoms with Gasteiger partial charge in [-0.15, -0.1) is 0 Å². The van der Waals surface area contributed by atoms with Crippen LogP contribution in [0.25, 0.3) is 12.3 Å². The van der Waals surface area contributed by atoms with E-state index < -0.39 is 0 Å². The van der Waals surface area contributed by atoms with Crippen molar-refractivity contribution in [1.82, 2.24) is 0 Å². The summed E-state index contributed by atoms with van der Waals surface area (Å²) in [6.45, 7) is 2.12. The van der Waals surface area contributed by atoms with E-state index in [9.17, 15) is 0 Å². The molecule has 1 heteroatoms. The molecule has 0 N–H and O–H groups in total. The van der Waals surface area contributed by atoms with Crippen molar-refractivity contribution >= 4 is 12.3 Å². The quantitative estimate of drug-likeness (QED) is 0.650. The Bertz CT molecular complexity index is 458. The number of hydrogen-bond donors (Lipinski definition) is 0. The largest absolute Gasteiger partial charge is 0.175 e. The highest BCUT2D eigenvalue weighted by atomic mass is 14.9. The lowest BCUT2D eigenvalue weighted by molar-refractivity contribution is -0.567. The molecular formula is C14H14N+. The Hall–Kier alpha value is -1.89. The van der Waals surface area contributed by atoms with Crippen molar-refractivity contribution in [3.63, 3.8) is 0 Å². The minimum Gasteiger partial charge on any atom is -0.174 e. The molecule has 0 aliphatic heterocycles. The van der Waals surface area contributed by atoms with Crippen molar-refractivity contribution < 1.29 is 4.57 Å². The van der Waals surface area contributed by atoms with E-state index in [-0.39, 0.29) is 0 Å². The van der Waals surface area contributed by atoms with Gasteiger partial charge >= 0.3 is 0 Å². The Morgan fingerprint density at radius 2 is 1.67 bits per heavy atom. The van der Waals surface area contributed by atoms with Crippen LogP contribution in [-0.2, 0) is 0 Å². The Morgan fingerprint density at radius 1 is 0.933 bits per heavy atom. The van der Waals surface area contributed by atoms with Crippen LogP contribution >= 0.6 is 0 Å². The number of aryl methyl sites for hydroxylation is 1. The summed E-state index contributed by atoms with van der Waals surface area (Å²) in [7, 11) is 0. The standard InChI is InChI=1S/C14H14N/c1-13-7-3-4-8-14(13)9-12-15-10-5-2-6-11-15/h2-12H,1H3/q+1/b12-9-. The molecule has 0 saturated carbocycles. The van der Waals surface area contributed by atoms with E-state index in [1.165, 1.54) is 11.1 Å². The first-order chi connectivity index (χ1) is 7.36. The predicted molar refractivity (Wildman–Crippen MR) is 63.0 cm³/mol. The summed E-state index contributed by atoms with van der Waals surface area (Å²) in [6, 6.07) is 14.4. The Morgan fingerprint density at radius 3 is 2.40 bits per heavy atom. The normalized spacial score (nSPS) is 10.7. The fourth-order valence-electron chi connectivity index (χ4n) is 1.45. The highest BCUT2D eigenvalue weighted by molar-refractivity contribution is 5.59. The molecule has 0 fully saturated rings. The molecule has 0 spiro atoms. The molecule has 1 heterocycles. The van der Waals surface area contributed by atoms with Crippen LogP contribution in [0.3, 0.4) is 0 Å². The SMILES string of the molecule is Cc1ccccc1/C=C\[n+]1ccccc1. The molecule has 0 atom stereocenters. The molecule has 1 aromatic carbocycles. The van der Waals surface area contributed by atoms with Gasteiger partial charge in [0.25, 0.3) is 0 Å². The van der Waals surface area contributed by atoms with Crippen LogP contribution < -0.4 is 4.57 Å². The van der Waals surface area contributed by atoms with Gasteiger partial charge in [-0.1, -0.05) is 30.3 Å². The van der Waals surface area contributed by atoms with Crippen molar-refractivity contribution in [1.29, 1.82) is 0 Å². The minimum absolute atomic E-state index is 1.26. The van der Waals surface area contributed by atoms with Gasteiger partial charge in [0.1, 0.15) is 0 Å². The molecule has 0 radical (unpaired) electrons. The molecule has 0 saturated heterocycles. The Labute approximate surface area is 90.3 Å². The summed E-state index contributed by atoms with van der Waals surface area (Å²) in [4.78, 5) is 0. The maximum absolute atomic E-state index is 2.12. The zero-order valence-electron chi connectivity index (χ0n) is 8.80. The topological polar surface area (TPSA) is 3.88 Å². The number of pyridine rings is 1. The van der Waals surface area contributed by atoms with Gasteiger partial charge in [0, 0.05) is 18.2 Å². The lowest BCUT2D eigenvalue weighted by atomic mass is 10.1. The lowest BCUT2D eigenvalue weighted by Crippen LogP contribution is -2.23. The first-order valence-corrected chi connectivity index (χ1v) is 5.06. The molecule has 0 unspecified atom stereocenters. The van der Waals surface area contributed by atoms with Gasteiger partial charge in [-0.3, -0.25) is 0 Å². The second-order valence-electron chi connectivity index (χ2n) is 3.50. The van der Waals surface area contributed by atoms with Crippen LogP contribution in [0, 0.1) is 6.92 Å². The summed E-state index contributed by atoms with van der Waals surface area (Å²) in [5.41, 5.74) is 2.55. The van der Waals surface area contributed by atoms with E-state index >= 15 is 0 Å². The van der Waals surface area contributed by atoms with Gasteiger partial charge in [-0.25, -0.2) is 0 Å². The molecule has 2 rings (SSSR count). The van der Waals surface area contributed by atoms with Crippen molar-refractivity contribution in [2.45, 2.75) is 6.92 Å². The van der Waals surface area contributed by atoms with Gasteiger partial charge < -0.3 is 0 Å². The molecule has 0 aliphatic carbocycles. The third-order valence-electron chi connectivity index (χ3n) is 2.35. The van der Waals surface area contributed by atoms with Crippen molar-refractivity contribution in [3.8, 4) is 0 Å². The molecule has 0 bridgehead atoms. The molecule has 0 amide bonds. The summed E-state index contributed by atoms with van der Waals surface area (Å²) in [6.07, 6.45) is 8.22. The summed E-state index contributed by atoms with van der Waals surface area (Å²) < 4.78 is 2.03. The molecular weight excluding hydrogens is 182 g/mol. The second kappa shape index (κ2) is 4.56. The summed E-state index contributed by atoms with van der Waals surface area (Å²) >= 11 is 0. The lowest BCUT2D eigenvalue weighted by Gasteiger charge is -1.96. The van der Waals surface area contributed by atoms with Crippen molar-refractivity contribution in [2.75, 3.05) is 0 Å². The Kier molecular flexibility index (Phi) is 2.93.